The number of rotatable bonds is 11. The van der Waals surface area contributed by atoms with Crippen LogP contribution in [0, 0.1) is 0 Å². The second-order valence-corrected chi connectivity index (χ2v) is 7.90. The minimum absolute atomic E-state index is 0.0507. The molecule has 0 unspecified atom stereocenters. The summed E-state index contributed by atoms with van der Waals surface area (Å²) in [6, 6.07) is 6.29. The van der Waals surface area contributed by atoms with Crippen LogP contribution in [-0.2, 0) is 14.9 Å². The fourth-order valence-electron chi connectivity index (χ4n) is 3.83. The number of nitrogens with one attached hydrogen (secondary N) is 2. The van der Waals surface area contributed by atoms with Gasteiger partial charge in [-0.25, -0.2) is 0 Å². The van der Waals surface area contributed by atoms with Crippen LogP contribution in [0.25, 0.3) is 0 Å². The third-order valence-corrected chi connectivity index (χ3v) is 5.72. The molecule has 2 aliphatic rings. The van der Waals surface area contributed by atoms with Crippen LogP contribution < -0.4 is 20.1 Å². The zero-order chi connectivity index (χ0) is 21.1. The molecule has 0 bridgehead atoms. The van der Waals surface area contributed by atoms with Gasteiger partial charge in [-0.1, -0.05) is 19.4 Å². The summed E-state index contributed by atoms with van der Waals surface area (Å²) in [6.45, 7) is 10.1. The first kappa shape index (κ1) is 22.7. The molecule has 0 atom stereocenters. The summed E-state index contributed by atoms with van der Waals surface area (Å²) in [5, 5.41) is 6.81. The Morgan fingerprint density at radius 2 is 1.87 bits per heavy atom. The topological polar surface area (TPSA) is 73.3 Å². The van der Waals surface area contributed by atoms with Crippen LogP contribution in [0.15, 0.2) is 23.2 Å². The van der Waals surface area contributed by atoms with Crippen molar-refractivity contribution in [1.29, 1.82) is 0 Å². The maximum absolute atomic E-state index is 5.66. The van der Waals surface area contributed by atoms with E-state index in [1.165, 1.54) is 12.0 Å². The molecule has 3 rings (SSSR count). The van der Waals surface area contributed by atoms with Crippen molar-refractivity contribution in [3.63, 3.8) is 0 Å². The van der Waals surface area contributed by atoms with E-state index in [1.807, 2.05) is 6.07 Å². The number of unbranched alkanes of at least 4 members (excludes halogenated alkanes) is 1. The first-order chi connectivity index (χ1) is 14.8. The summed E-state index contributed by atoms with van der Waals surface area (Å²) in [7, 11) is 0. The standard InChI is InChI=1S/C23H37N3O4/c1-3-5-12-27-13-6-11-25-22(24-4-2)26-17-23(9-14-28-15-10-23)19-7-8-20-21(16-19)30-18-29-20/h7-8,16H,3-6,9-15,17-18H2,1-2H3,(H2,24,25,26). The van der Waals surface area contributed by atoms with E-state index in [0.717, 1.165) is 82.7 Å². The molecule has 30 heavy (non-hydrogen) atoms. The SMILES string of the molecule is CCCCOCCCNC(=NCC1(c2ccc3c(c2)OCO3)CCOCC1)NCC. The van der Waals surface area contributed by atoms with E-state index >= 15 is 0 Å². The van der Waals surface area contributed by atoms with Crippen molar-refractivity contribution < 1.29 is 18.9 Å². The van der Waals surface area contributed by atoms with Gasteiger partial charge in [0.25, 0.3) is 0 Å². The fraction of sp³-hybridized carbons (Fsp3) is 0.696. The van der Waals surface area contributed by atoms with Crippen molar-refractivity contribution >= 4 is 5.96 Å². The van der Waals surface area contributed by atoms with E-state index in [2.05, 4.69) is 36.6 Å². The van der Waals surface area contributed by atoms with Gasteiger partial charge >= 0.3 is 0 Å². The van der Waals surface area contributed by atoms with Gasteiger partial charge in [0.2, 0.25) is 6.79 Å². The molecule has 0 aromatic heterocycles. The van der Waals surface area contributed by atoms with Gasteiger partial charge in [0.05, 0.1) is 6.54 Å². The number of nitrogens with zero attached hydrogens (tertiary/aromatic N) is 1. The molecule has 0 saturated carbocycles. The Labute approximate surface area is 180 Å². The lowest BCUT2D eigenvalue weighted by Gasteiger charge is -2.36. The fourth-order valence-corrected chi connectivity index (χ4v) is 3.83. The quantitative estimate of drug-likeness (QED) is 0.326. The van der Waals surface area contributed by atoms with Crippen molar-refractivity contribution in [2.75, 3.05) is 52.9 Å². The van der Waals surface area contributed by atoms with Gasteiger partial charge in [-0.15, -0.1) is 0 Å². The molecule has 0 amide bonds. The zero-order valence-corrected chi connectivity index (χ0v) is 18.5. The molecule has 0 aliphatic carbocycles. The predicted octanol–water partition coefficient (Wildman–Crippen LogP) is 3.23. The third-order valence-electron chi connectivity index (χ3n) is 5.72. The summed E-state index contributed by atoms with van der Waals surface area (Å²) in [5.74, 6) is 2.51. The maximum Gasteiger partial charge on any atom is 0.231 e. The van der Waals surface area contributed by atoms with E-state index in [0.29, 0.717) is 13.3 Å². The first-order valence-electron chi connectivity index (χ1n) is 11.4. The molecule has 2 N–H and O–H groups in total. The minimum Gasteiger partial charge on any atom is -0.454 e. The van der Waals surface area contributed by atoms with E-state index in [4.69, 9.17) is 23.9 Å². The Bertz CT molecular complexity index is 674. The average molecular weight is 420 g/mol. The Morgan fingerprint density at radius 1 is 1.07 bits per heavy atom. The molecule has 2 aliphatic heterocycles. The largest absolute Gasteiger partial charge is 0.454 e. The Morgan fingerprint density at radius 3 is 2.67 bits per heavy atom. The van der Waals surface area contributed by atoms with Crippen molar-refractivity contribution in [2.45, 2.75) is 51.4 Å². The molecule has 168 valence electrons. The number of fused-ring (bicyclic) bond motifs is 1. The lowest BCUT2D eigenvalue weighted by Crippen LogP contribution is -2.41. The minimum atomic E-state index is -0.0507. The van der Waals surface area contributed by atoms with Crippen LogP contribution in [-0.4, -0.2) is 58.8 Å². The Balaban J connectivity index is 1.61. The maximum atomic E-state index is 5.66. The number of guanidine groups is 1. The summed E-state index contributed by atoms with van der Waals surface area (Å²) >= 11 is 0. The lowest BCUT2D eigenvalue weighted by molar-refractivity contribution is 0.0530. The van der Waals surface area contributed by atoms with Crippen LogP contribution in [0.5, 0.6) is 11.5 Å². The second-order valence-electron chi connectivity index (χ2n) is 7.90. The highest BCUT2D eigenvalue weighted by atomic mass is 16.7. The predicted molar refractivity (Wildman–Crippen MR) is 119 cm³/mol. The Hall–Kier alpha value is -1.99. The molecule has 7 heteroatoms. The van der Waals surface area contributed by atoms with E-state index in [9.17, 15) is 0 Å². The highest BCUT2D eigenvalue weighted by Crippen LogP contribution is 2.41. The Kier molecular flexibility index (Phi) is 9.08. The van der Waals surface area contributed by atoms with Gasteiger partial charge in [0.1, 0.15) is 0 Å². The molecule has 7 nitrogen and oxygen atoms in total. The third kappa shape index (κ3) is 6.25. The summed E-state index contributed by atoms with van der Waals surface area (Å²) < 4.78 is 22.4. The number of hydrogen-bond donors (Lipinski definition) is 2. The normalized spacial score (nSPS) is 17.7. The van der Waals surface area contributed by atoms with Crippen molar-refractivity contribution in [1.82, 2.24) is 10.6 Å². The number of hydrogen-bond acceptors (Lipinski definition) is 5. The molecule has 2 heterocycles. The van der Waals surface area contributed by atoms with E-state index in [-0.39, 0.29) is 5.41 Å². The van der Waals surface area contributed by atoms with Gasteiger partial charge in [0.15, 0.2) is 17.5 Å². The number of ether oxygens (including phenoxy) is 4. The van der Waals surface area contributed by atoms with Crippen molar-refractivity contribution in [2.24, 2.45) is 4.99 Å². The highest BCUT2D eigenvalue weighted by Gasteiger charge is 2.35. The first-order valence-corrected chi connectivity index (χ1v) is 11.4. The number of aliphatic imine (C=N–C) groups is 1. The van der Waals surface area contributed by atoms with Gasteiger partial charge in [-0.05, 0) is 50.3 Å². The van der Waals surface area contributed by atoms with Crippen LogP contribution in [0.4, 0.5) is 0 Å². The summed E-state index contributed by atoms with van der Waals surface area (Å²) in [4.78, 5) is 4.95. The lowest BCUT2D eigenvalue weighted by atomic mass is 9.74. The molecular formula is C23H37N3O4. The number of benzene rings is 1. The molecule has 0 spiro atoms. The van der Waals surface area contributed by atoms with Gasteiger partial charge in [0, 0.05) is 44.9 Å². The van der Waals surface area contributed by atoms with Gasteiger partial charge in [-0.2, -0.15) is 0 Å². The van der Waals surface area contributed by atoms with Gasteiger partial charge < -0.3 is 29.6 Å². The van der Waals surface area contributed by atoms with Crippen LogP contribution in [0.2, 0.25) is 0 Å². The van der Waals surface area contributed by atoms with Crippen LogP contribution in [0.1, 0.15) is 51.5 Å². The van der Waals surface area contributed by atoms with Crippen LogP contribution >= 0.6 is 0 Å². The molecule has 0 radical (unpaired) electrons. The molecule has 1 fully saturated rings. The van der Waals surface area contributed by atoms with Gasteiger partial charge in [-0.3, -0.25) is 4.99 Å². The summed E-state index contributed by atoms with van der Waals surface area (Å²) in [6.07, 6.45) is 5.16. The highest BCUT2D eigenvalue weighted by molar-refractivity contribution is 5.79. The smallest absolute Gasteiger partial charge is 0.231 e. The van der Waals surface area contributed by atoms with Crippen molar-refractivity contribution in [3.05, 3.63) is 23.8 Å². The second kappa shape index (κ2) is 12.0. The van der Waals surface area contributed by atoms with E-state index in [1.54, 1.807) is 0 Å². The molecule has 1 aromatic carbocycles. The molecule has 1 aromatic rings. The molecular weight excluding hydrogens is 382 g/mol. The zero-order valence-electron chi connectivity index (χ0n) is 18.5. The van der Waals surface area contributed by atoms with Crippen LogP contribution in [0.3, 0.4) is 0 Å². The monoisotopic (exact) mass is 419 g/mol. The average Bonchev–Trinajstić information content (AvgIpc) is 3.25. The van der Waals surface area contributed by atoms with E-state index < -0.39 is 0 Å². The van der Waals surface area contributed by atoms with Crippen molar-refractivity contribution in [3.8, 4) is 11.5 Å². The summed E-state index contributed by atoms with van der Waals surface area (Å²) in [5.41, 5.74) is 1.20. The molecule has 1 saturated heterocycles.